The first-order valence-corrected chi connectivity index (χ1v) is 10.4. The van der Waals surface area contributed by atoms with E-state index >= 15 is 0 Å². The van der Waals surface area contributed by atoms with E-state index in [2.05, 4.69) is 10.6 Å². The van der Waals surface area contributed by atoms with Gasteiger partial charge in [-0.25, -0.2) is 0 Å². The average Bonchev–Trinajstić information content (AvgIpc) is 3.46. The van der Waals surface area contributed by atoms with Crippen molar-refractivity contribution >= 4 is 23.1 Å². The molecule has 2 N–H and O–H groups in total. The molecule has 2 aromatic heterocycles. The Hall–Kier alpha value is -3.74. The minimum absolute atomic E-state index is 0.0643. The van der Waals surface area contributed by atoms with Gasteiger partial charge >= 0.3 is 0 Å². The Balaban J connectivity index is 1.54. The maximum atomic E-state index is 13.1. The van der Waals surface area contributed by atoms with Gasteiger partial charge in [0, 0.05) is 17.7 Å². The van der Waals surface area contributed by atoms with Gasteiger partial charge in [0.25, 0.3) is 0 Å². The number of carbonyl (C=O) groups excluding carboxylic acids is 2. The molecule has 31 heavy (non-hydrogen) atoms. The minimum Gasteiger partial charge on any atom is -0.467 e. The lowest BCUT2D eigenvalue weighted by Crippen LogP contribution is -2.41. The number of para-hydroxylation sites is 2. The molecule has 1 amide bonds. The van der Waals surface area contributed by atoms with Crippen LogP contribution >= 0.6 is 0 Å². The highest BCUT2D eigenvalue weighted by Gasteiger charge is 2.38. The normalized spacial score (nSPS) is 18.1. The predicted octanol–water partition coefficient (Wildman–Crippen LogP) is 4.17. The van der Waals surface area contributed by atoms with Gasteiger partial charge in [0.2, 0.25) is 5.91 Å². The van der Waals surface area contributed by atoms with Crippen molar-refractivity contribution in [3.05, 3.63) is 83.8 Å². The summed E-state index contributed by atoms with van der Waals surface area (Å²) in [5.74, 6) is 1.24. The van der Waals surface area contributed by atoms with E-state index < -0.39 is 6.04 Å². The number of hydrogen-bond acceptors (Lipinski definition) is 6. The summed E-state index contributed by atoms with van der Waals surface area (Å²) in [6.07, 6.45) is 5.26. The molecular weight excluding hydrogens is 394 g/mol. The van der Waals surface area contributed by atoms with Crippen LogP contribution in [0.2, 0.25) is 0 Å². The molecule has 2 aliphatic rings. The van der Waals surface area contributed by atoms with E-state index in [-0.39, 0.29) is 18.2 Å². The molecule has 0 radical (unpaired) electrons. The maximum absolute atomic E-state index is 13.1. The summed E-state index contributed by atoms with van der Waals surface area (Å²) in [5.41, 5.74) is 3.30. The van der Waals surface area contributed by atoms with Gasteiger partial charge in [-0.15, -0.1) is 0 Å². The van der Waals surface area contributed by atoms with Crippen LogP contribution in [0.5, 0.6) is 0 Å². The number of benzene rings is 1. The average molecular weight is 417 g/mol. The topological polar surface area (TPSA) is 87.7 Å². The monoisotopic (exact) mass is 417 g/mol. The molecule has 1 aliphatic heterocycles. The number of fused-ring (bicyclic) bond motifs is 1. The molecular formula is C24H23N3O4. The third kappa shape index (κ3) is 3.74. The van der Waals surface area contributed by atoms with Crippen LogP contribution in [0, 0.1) is 0 Å². The Morgan fingerprint density at radius 1 is 1.06 bits per heavy atom. The first-order chi connectivity index (χ1) is 15.2. The fraction of sp³-hybridized carbons (Fsp3) is 0.250. The molecule has 0 saturated heterocycles. The highest BCUT2D eigenvalue weighted by Crippen LogP contribution is 2.44. The van der Waals surface area contributed by atoms with E-state index in [0.29, 0.717) is 30.1 Å². The first-order valence-electron chi connectivity index (χ1n) is 10.4. The molecule has 0 saturated carbocycles. The Kier molecular flexibility index (Phi) is 5.08. The number of allylic oxidation sites excluding steroid dienone is 1. The van der Waals surface area contributed by atoms with Crippen molar-refractivity contribution in [2.75, 3.05) is 16.8 Å². The van der Waals surface area contributed by atoms with Crippen molar-refractivity contribution in [2.24, 2.45) is 0 Å². The zero-order valence-corrected chi connectivity index (χ0v) is 17.0. The van der Waals surface area contributed by atoms with E-state index in [0.717, 1.165) is 29.9 Å². The second-order valence-electron chi connectivity index (χ2n) is 7.71. The largest absolute Gasteiger partial charge is 0.467 e. The third-order valence-corrected chi connectivity index (χ3v) is 5.71. The second-order valence-corrected chi connectivity index (χ2v) is 7.71. The molecule has 3 aromatic rings. The van der Waals surface area contributed by atoms with Gasteiger partial charge in [-0.05, 0) is 49.2 Å². The molecule has 0 spiro atoms. The number of amides is 1. The number of rotatable bonds is 5. The van der Waals surface area contributed by atoms with Crippen LogP contribution in [0.4, 0.5) is 11.4 Å². The van der Waals surface area contributed by atoms with E-state index in [1.165, 1.54) is 0 Å². The molecule has 1 aliphatic carbocycles. The highest BCUT2D eigenvalue weighted by molar-refractivity contribution is 6.01. The number of Topliss-reactive ketones (excluding diaryl/α,β-unsaturated/α-hetero) is 1. The predicted molar refractivity (Wildman–Crippen MR) is 115 cm³/mol. The number of hydrogen-bond donors (Lipinski definition) is 2. The lowest BCUT2D eigenvalue weighted by atomic mass is 9.88. The van der Waals surface area contributed by atoms with E-state index in [1.54, 1.807) is 18.6 Å². The minimum atomic E-state index is -0.483. The van der Waals surface area contributed by atoms with Gasteiger partial charge in [-0.3, -0.25) is 9.59 Å². The first kappa shape index (κ1) is 19.2. The van der Waals surface area contributed by atoms with Crippen LogP contribution in [0.3, 0.4) is 0 Å². The molecule has 3 heterocycles. The number of furan rings is 2. The molecule has 5 rings (SSSR count). The number of ketones is 1. The molecule has 0 bridgehead atoms. The van der Waals surface area contributed by atoms with Gasteiger partial charge in [-0.2, -0.15) is 0 Å². The second kappa shape index (κ2) is 8.18. The van der Waals surface area contributed by atoms with Gasteiger partial charge in [0.05, 0.1) is 37.0 Å². The SMILES string of the molecule is O=C(CN1c2ccccc2NC2=C(C(=O)CCC2)C1c1ccco1)NCc1ccco1. The van der Waals surface area contributed by atoms with Crippen molar-refractivity contribution < 1.29 is 18.4 Å². The number of nitrogens with one attached hydrogen (secondary N) is 2. The summed E-state index contributed by atoms with van der Waals surface area (Å²) >= 11 is 0. The Labute approximate surface area is 179 Å². The highest BCUT2D eigenvalue weighted by atomic mass is 16.3. The van der Waals surface area contributed by atoms with Crippen LogP contribution in [0.15, 0.2) is 81.2 Å². The summed E-state index contributed by atoms with van der Waals surface area (Å²) in [4.78, 5) is 28.0. The molecule has 1 unspecified atom stereocenters. The smallest absolute Gasteiger partial charge is 0.239 e. The van der Waals surface area contributed by atoms with Crippen molar-refractivity contribution in [1.82, 2.24) is 5.32 Å². The fourth-order valence-electron chi connectivity index (χ4n) is 4.33. The Bertz CT molecular complexity index is 1120. The molecule has 0 fully saturated rings. The zero-order chi connectivity index (χ0) is 21.2. The van der Waals surface area contributed by atoms with Gasteiger partial charge in [0.15, 0.2) is 5.78 Å². The standard InChI is InChI=1S/C24H23N3O4/c28-20-10-3-8-18-23(20)24(21-11-5-13-31-21)27(19-9-2-1-7-17(19)26-18)15-22(29)25-14-16-6-4-12-30-16/h1-2,4-7,9,11-13,24,26H,3,8,10,14-15H2,(H,25,29). The summed E-state index contributed by atoms with van der Waals surface area (Å²) in [5, 5.41) is 6.38. The summed E-state index contributed by atoms with van der Waals surface area (Å²) < 4.78 is 11.1. The van der Waals surface area contributed by atoms with Gasteiger partial charge in [-0.1, -0.05) is 12.1 Å². The molecule has 1 atom stereocenters. The Morgan fingerprint density at radius 3 is 2.71 bits per heavy atom. The number of nitrogens with zero attached hydrogens (tertiary/aromatic N) is 1. The van der Waals surface area contributed by atoms with Crippen LogP contribution in [-0.4, -0.2) is 18.2 Å². The van der Waals surface area contributed by atoms with Crippen LogP contribution in [-0.2, 0) is 16.1 Å². The summed E-state index contributed by atoms with van der Waals surface area (Å²) in [6.45, 7) is 0.368. The molecule has 7 nitrogen and oxygen atoms in total. The van der Waals surface area contributed by atoms with E-state index in [9.17, 15) is 9.59 Å². The lowest BCUT2D eigenvalue weighted by molar-refractivity contribution is -0.120. The van der Waals surface area contributed by atoms with Crippen molar-refractivity contribution in [3.63, 3.8) is 0 Å². The quantitative estimate of drug-likeness (QED) is 0.648. The van der Waals surface area contributed by atoms with Gasteiger partial charge in [0.1, 0.15) is 17.6 Å². The molecule has 158 valence electrons. The fourth-order valence-corrected chi connectivity index (χ4v) is 4.33. The Morgan fingerprint density at radius 2 is 1.90 bits per heavy atom. The maximum Gasteiger partial charge on any atom is 0.239 e. The van der Waals surface area contributed by atoms with E-state index in [1.807, 2.05) is 47.4 Å². The summed E-state index contributed by atoms with van der Waals surface area (Å²) in [6, 6.07) is 14.6. The van der Waals surface area contributed by atoms with Crippen molar-refractivity contribution in [3.8, 4) is 0 Å². The van der Waals surface area contributed by atoms with Crippen molar-refractivity contribution in [1.29, 1.82) is 0 Å². The van der Waals surface area contributed by atoms with Crippen LogP contribution in [0.1, 0.15) is 36.8 Å². The third-order valence-electron chi connectivity index (χ3n) is 5.71. The molecule has 7 heteroatoms. The van der Waals surface area contributed by atoms with E-state index in [4.69, 9.17) is 8.83 Å². The number of anilines is 2. The lowest BCUT2D eigenvalue weighted by Gasteiger charge is -2.33. The number of carbonyl (C=O) groups is 2. The van der Waals surface area contributed by atoms with Crippen LogP contribution in [0.25, 0.3) is 0 Å². The van der Waals surface area contributed by atoms with Crippen molar-refractivity contribution in [2.45, 2.75) is 31.8 Å². The summed E-state index contributed by atoms with van der Waals surface area (Å²) in [7, 11) is 0. The zero-order valence-electron chi connectivity index (χ0n) is 17.0. The van der Waals surface area contributed by atoms with Gasteiger partial charge < -0.3 is 24.4 Å². The molecule has 1 aromatic carbocycles. The van der Waals surface area contributed by atoms with Crippen LogP contribution < -0.4 is 15.5 Å².